The largest absolute Gasteiger partial charge is 0.360 e. The molecule has 3 aromatic rings. The molecule has 1 aromatic carbocycles. The van der Waals surface area contributed by atoms with Gasteiger partial charge in [-0.3, -0.25) is 9.89 Å². The van der Waals surface area contributed by atoms with Crippen molar-refractivity contribution in [3.8, 4) is 0 Å². The van der Waals surface area contributed by atoms with Crippen molar-refractivity contribution in [3.05, 3.63) is 42.4 Å². The maximum atomic E-state index is 12.4. The van der Waals surface area contributed by atoms with E-state index in [0.717, 1.165) is 16.5 Å². The Morgan fingerprint density at radius 2 is 2.21 bits per heavy atom. The van der Waals surface area contributed by atoms with Gasteiger partial charge in [-0.15, -0.1) is 0 Å². The summed E-state index contributed by atoms with van der Waals surface area (Å²) in [5.74, 6) is 0.0823. The minimum Gasteiger partial charge on any atom is -0.360 e. The first-order valence-corrected chi connectivity index (χ1v) is 6.76. The highest BCUT2D eigenvalue weighted by Gasteiger charge is 2.20. The molecule has 6 heteroatoms. The van der Waals surface area contributed by atoms with E-state index in [1.54, 1.807) is 6.20 Å². The molecular weight excluding hydrogens is 260 g/mol. The average Bonchev–Trinajstić information content (AvgIpc) is 3.06. The predicted octanol–water partition coefficient (Wildman–Crippen LogP) is 2.65. The van der Waals surface area contributed by atoms with E-state index in [1.165, 1.54) is 18.1 Å². The van der Waals surface area contributed by atoms with Crippen LogP contribution in [0.15, 0.2) is 41.9 Å². The molecule has 1 atom stereocenters. The van der Waals surface area contributed by atoms with Crippen molar-refractivity contribution in [1.29, 1.82) is 0 Å². The van der Waals surface area contributed by atoms with Crippen LogP contribution in [-0.2, 0) is 0 Å². The SMILES string of the molecule is C[C@@H](Sc1ncn[nH]1)C(=O)c1c[nH]c2ccccc12. The van der Waals surface area contributed by atoms with Crippen molar-refractivity contribution >= 4 is 28.4 Å². The number of aromatic amines is 2. The van der Waals surface area contributed by atoms with Gasteiger partial charge in [0.25, 0.3) is 0 Å². The molecule has 0 fully saturated rings. The Morgan fingerprint density at radius 3 is 3.00 bits per heavy atom. The molecule has 0 bridgehead atoms. The van der Waals surface area contributed by atoms with E-state index in [2.05, 4.69) is 20.2 Å². The average molecular weight is 272 g/mol. The normalized spacial score (nSPS) is 12.7. The summed E-state index contributed by atoms with van der Waals surface area (Å²) >= 11 is 1.37. The van der Waals surface area contributed by atoms with Gasteiger partial charge in [0, 0.05) is 22.7 Å². The number of hydrogen-bond donors (Lipinski definition) is 2. The number of fused-ring (bicyclic) bond motifs is 1. The molecule has 0 radical (unpaired) electrons. The fraction of sp³-hybridized carbons (Fsp3) is 0.154. The lowest BCUT2D eigenvalue weighted by Gasteiger charge is -2.06. The minimum atomic E-state index is -0.216. The van der Waals surface area contributed by atoms with Crippen molar-refractivity contribution in [3.63, 3.8) is 0 Å². The third-order valence-corrected chi connectivity index (χ3v) is 3.89. The van der Waals surface area contributed by atoms with Crippen molar-refractivity contribution < 1.29 is 4.79 Å². The van der Waals surface area contributed by atoms with Gasteiger partial charge in [0.05, 0.1) is 5.25 Å². The van der Waals surface area contributed by atoms with Crippen molar-refractivity contribution in [2.75, 3.05) is 0 Å². The van der Waals surface area contributed by atoms with Crippen LogP contribution in [0, 0.1) is 0 Å². The molecule has 0 saturated carbocycles. The molecule has 2 heterocycles. The van der Waals surface area contributed by atoms with Gasteiger partial charge >= 0.3 is 0 Å². The van der Waals surface area contributed by atoms with E-state index in [0.29, 0.717) is 5.16 Å². The van der Waals surface area contributed by atoms with Gasteiger partial charge in [-0.2, -0.15) is 5.10 Å². The molecule has 0 amide bonds. The number of aromatic nitrogens is 4. The molecule has 0 spiro atoms. The summed E-state index contributed by atoms with van der Waals surface area (Å²) < 4.78 is 0. The van der Waals surface area contributed by atoms with Gasteiger partial charge in [-0.1, -0.05) is 30.0 Å². The summed E-state index contributed by atoms with van der Waals surface area (Å²) in [4.78, 5) is 19.6. The zero-order valence-corrected chi connectivity index (χ0v) is 11.1. The number of ketones is 1. The number of hydrogen-bond acceptors (Lipinski definition) is 4. The van der Waals surface area contributed by atoms with Crippen LogP contribution in [0.1, 0.15) is 17.3 Å². The van der Waals surface area contributed by atoms with E-state index in [-0.39, 0.29) is 11.0 Å². The Kier molecular flexibility index (Phi) is 3.08. The van der Waals surface area contributed by atoms with Gasteiger partial charge in [-0.05, 0) is 13.0 Å². The topological polar surface area (TPSA) is 74.4 Å². The van der Waals surface area contributed by atoms with E-state index >= 15 is 0 Å². The second kappa shape index (κ2) is 4.89. The van der Waals surface area contributed by atoms with Crippen LogP contribution >= 0.6 is 11.8 Å². The predicted molar refractivity (Wildman–Crippen MR) is 74.3 cm³/mol. The summed E-state index contributed by atoms with van der Waals surface area (Å²) in [5.41, 5.74) is 1.69. The molecule has 0 aliphatic carbocycles. The summed E-state index contributed by atoms with van der Waals surface area (Å²) in [5, 5.41) is 7.91. The van der Waals surface area contributed by atoms with E-state index in [9.17, 15) is 4.79 Å². The molecule has 0 saturated heterocycles. The van der Waals surface area contributed by atoms with Gasteiger partial charge in [0.1, 0.15) is 6.33 Å². The molecule has 0 aliphatic heterocycles. The number of thioether (sulfide) groups is 1. The standard InChI is InChI=1S/C13H12N4OS/c1-8(19-13-15-7-16-17-13)12(18)10-6-14-11-5-3-2-4-9(10)11/h2-8,14H,1H3,(H,15,16,17)/t8-/m1/s1. The zero-order chi connectivity index (χ0) is 13.2. The number of benzene rings is 1. The third kappa shape index (κ3) is 2.26. The molecular formula is C13H12N4OS. The first-order valence-electron chi connectivity index (χ1n) is 5.88. The van der Waals surface area contributed by atoms with Gasteiger partial charge in [0.15, 0.2) is 10.9 Å². The molecule has 0 unspecified atom stereocenters. The molecule has 3 rings (SSSR count). The minimum absolute atomic E-state index is 0.0823. The van der Waals surface area contributed by atoms with Crippen LogP contribution in [0.3, 0.4) is 0 Å². The highest BCUT2D eigenvalue weighted by Crippen LogP contribution is 2.25. The maximum absolute atomic E-state index is 12.4. The van der Waals surface area contributed by atoms with Crippen LogP contribution in [-0.4, -0.2) is 31.2 Å². The number of rotatable bonds is 4. The highest BCUT2D eigenvalue weighted by molar-refractivity contribution is 8.00. The smallest absolute Gasteiger partial charge is 0.184 e. The lowest BCUT2D eigenvalue weighted by Crippen LogP contribution is -2.13. The number of H-pyrrole nitrogens is 2. The summed E-state index contributed by atoms with van der Waals surface area (Å²) in [6.07, 6.45) is 3.20. The molecule has 19 heavy (non-hydrogen) atoms. The van der Waals surface area contributed by atoms with Crippen molar-refractivity contribution in [2.24, 2.45) is 0 Å². The first-order chi connectivity index (χ1) is 9.25. The number of nitrogens with one attached hydrogen (secondary N) is 2. The van der Waals surface area contributed by atoms with Crippen molar-refractivity contribution in [1.82, 2.24) is 20.2 Å². The number of carbonyl (C=O) groups excluding carboxylic acids is 1. The van der Waals surface area contributed by atoms with Gasteiger partial charge < -0.3 is 4.98 Å². The number of Topliss-reactive ketones (excluding diaryl/α,β-unsaturated/α-hetero) is 1. The zero-order valence-electron chi connectivity index (χ0n) is 10.3. The monoisotopic (exact) mass is 272 g/mol. The van der Waals surface area contributed by atoms with Crippen LogP contribution in [0.4, 0.5) is 0 Å². The lowest BCUT2D eigenvalue weighted by atomic mass is 10.1. The summed E-state index contributed by atoms with van der Waals surface area (Å²) in [6, 6.07) is 7.78. The van der Waals surface area contributed by atoms with Gasteiger partial charge in [0.2, 0.25) is 0 Å². The fourth-order valence-electron chi connectivity index (χ4n) is 1.97. The molecule has 5 nitrogen and oxygen atoms in total. The Hall–Kier alpha value is -2.08. The van der Waals surface area contributed by atoms with Crippen LogP contribution < -0.4 is 0 Å². The van der Waals surface area contributed by atoms with Crippen molar-refractivity contribution in [2.45, 2.75) is 17.3 Å². The van der Waals surface area contributed by atoms with Crippen LogP contribution in [0.2, 0.25) is 0 Å². The molecule has 96 valence electrons. The van der Waals surface area contributed by atoms with Crippen LogP contribution in [0.25, 0.3) is 10.9 Å². The Labute approximate surface area is 113 Å². The number of carbonyl (C=O) groups is 1. The molecule has 0 aliphatic rings. The number of nitrogens with zero attached hydrogens (tertiary/aromatic N) is 2. The fourth-order valence-corrected chi connectivity index (χ4v) is 2.75. The highest BCUT2D eigenvalue weighted by atomic mass is 32.2. The second-order valence-electron chi connectivity index (χ2n) is 4.16. The third-order valence-electron chi connectivity index (χ3n) is 2.91. The quantitative estimate of drug-likeness (QED) is 0.565. The Bertz CT molecular complexity index is 704. The second-order valence-corrected chi connectivity index (χ2v) is 5.49. The molecule has 2 aromatic heterocycles. The number of para-hydroxylation sites is 1. The Morgan fingerprint density at radius 1 is 1.37 bits per heavy atom. The van der Waals surface area contributed by atoms with E-state index in [1.807, 2.05) is 31.2 Å². The van der Waals surface area contributed by atoms with Gasteiger partial charge in [-0.25, -0.2) is 4.98 Å². The first kappa shape index (κ1) is 12.0. The van der Waals surface area contributed by atoms with Crippen LogP contribution in [0.5, 0.6) is 0 Å². The maximum Gasteiger partial charge on any atom is 0.184 e. The van der Waals surface area contributed by atoms with E-state index in [4.69, 9.17) is 0 Å². The Balaban J connectivity index is 1.87. The lowest BCUT2D eigenvalue weighted by molar-refractivity contribution is 0.0995. The van der Waals surface area contributed by atoms with E-state index < -0.39 is 0 Å². The molecule has 2 N–H and O–H groups in total. The summed E-state index contributed by atoms with van der Waals surface area (Å²) in [6.45, 7) is 1.87. The summed E-state index contributed by atoms with van der Waals surface area (Å²) in [7, 11) is 0.